The van der Waals surface area contributed by atoms with Gasteiger partial charge in [-0.25, -0.2) is 4.98 Å². The Hall–Kier alpha value is -2.51. The largest absolute Gasteiger partial charge is 0.390 e. The molecule has 0 saturated carbocycles. The van der Waals surface area contributed by atoms with E-state index in [1.807, 2.05) is 47.3 Å². The number of hydrogen-bond donors (Lipinski definition) is 1. The Balaban J connectivity index is 1.57. The van der Waals surface area contributed by atoms with Crippen molar-refractivity contribution in [3.8, 4) is 10.6 Å². The molecule has 6 nitrogen and oxygen atoms in total. The first kappa shape index (κ1) is 16.9. The molecular formula is C19H20N4O2S. The third-order valence-corrected chi connectivity index (χ3v) is 5.59. The van der Waals surface area contributed by atoms with Crippen molar-refractivity contribution in [3.05, 3.63) is 58.4 Å². The summed E-state index contributed by atoms with van der Waals surface area (Å²) < 4.78 is 1.93. The van der Waals surface area contributed by atoms with Gasteiger partial charge in [0.2, 0.25) is 0 Å². The van der Waals surface area contributed by atoms with Crippen molar-refractivity contribution >= 4 is 17.2 Å². The Bertz CT molecular complexity index is 932. The average Bonchev–Trinajstić information content (AvgIpc) is 3.32. The monoisotopic (exact) mass is 368 g/mol. The molecule has 0 spiro atoms. The van der Waals surface area contributed by atoms with Gasteiger partial charge in [0.15, 0.2) is 0 Å². The van der Waals surface area contributed by atoms with E-state index in [2.05, 4.69) is 10.1 Å². The van der Waals surface area contributed by atoms with Gasteiger partial charge in [0.1, 0.15) is 10.7 Å². The highest BCUT2D eigenvalue weighted by Gasteiger charge is 2.28. The van der Waals surface area contributed by atoms with Gasteiger partial charge in [-0.15, -0.1) is 11.3 Å². The highest BCUT2D eigenvalue weighted by Crippen LogP contribution is 2.27. The summed E-state index contributed by atoms with van der Waals surface area (Å²) in [7, 11) is 0. The minimum absolute atomic E-state index is 0.0674. The van der Waals surface area contributed by atoms with Gasteiger partial charge >= 0.3 is 0 Å². The number of carbonyl (C=O) groups is 1. The predicted octanol–water partition coefficient (Wildman–Crippen LogP) is 2.72. The van der Waals surface area contributed by atoms with Crippen molar-refractivity contribution in [2.75, 3.05) is 6.54 Å². The Kier molecular flexibility index (Phi) is 4.57. The lowest BCUT2D eigenvalue weighted by atomic mass is 10.0. The van der Waals surface area contributed by atoms with Gasteiger partial charge in [-0.2, -0.15) is 5.10 Å². The van der Waals surface area contributed by atoms with Crippen LogP contribution >= 0.6 is 11.3 Å². The van der Waals surface area contributed by atoms with E-state index in [1.165, 1.54) is 11.3 Å². The molecule has 0 aliphatic carbocycles. The molecule has 0 unspecified atom stereocenters. The number of aliphatic hydroxyl groups excluding tert-OH is 1. The van der Waals surface area contributed by atoms with Gasteiger partial charge in [0.05, 0.1) is 12.3 Å². The third kappa shape index (κ3) is 2.93. The molecule has 3 aromatic rings. The maximum Gasteiger partial charge on any atom is 0.273 e. The zero-order chi connectivity index (χ0) is 18.1. The van der Waals surface area contributed by atoms with E-state index >= 15 is 0 Å². The van der Waals surface area contributed by atoms with Gasteiger partial charge < -0.3 is 10.0 Å². The smallest absolute Gasteiger partial charge is 0.273 e. The number of aliphatic hydroxyl groups is 1. The number of aromatic nitrogens is 3. The van der Waals surface area contributed by atoms with E-state index in [-0.39, 0.29) is 12.5 Å². The molecule has 7 heteroatoms. The first-order chi connectivity index (χ1) is 12.7. The van der Waals surface area contributed by atoms with E-state index in [0.29, 0.717) is 24.5 Å². The van der Waals surface area contributed by atoms with E-state index in [1.54, 1.807) is 4.90 Å². The Morgan fingerprint density at radius 2 is 2.12 bits per heavy atom. The molecule has 4 rings (SSSR count). The summed E-state index contributed by atoms with van der Waals surface area (Å²) >= 11 is 1.48. The molecule has 0 radical (unpaired) electrons. The standard InChI is InChI=1S/C19H20N4O2S/c1-2-23-17-8-9-22(10-14(17)15(11-24)21-23)19(25)16-12-26-18(20-16)13-6-4-3-5-7-13/h3-7,12,24H,2,8-11H2,1H3. The molecule has 1 amide bonds. The van der Waals surface area contributed by atoms with Crippen LogP contribution in [0.25, 0.3) is 10.6 Å². The van der Waals surface area contributed by atoms with Crippen molar-refractivity contribution in [1.29, 1.82) is 0 Å². The second kappa shape index (κ2) is 7.01. The second-order valence-corrected chi connectivity index (χ2v) is 7.08. The highest BCUT2D eigenvalue weighted by molar-refractivity contribution is 7.13. The number of rotatable bonds is 4. The second-order valence-electron chi connectivity index (χ2n) is 6.23. The SMILES string of the molecule is CCn1nc(CO)c2c1CCN(C(=O)c1csc(-c3ccccc3)n1)C2. The minimum Gasteiger partial charge on any atom is -0.390 e. The van der Waals surface area contributed by atoms with Crippen molar-refractivity contribution < 1.29 is 9.90 Å². The molecule has 1 aliphatic heterocycles. The predicted molar refractivity (Wildman–Crippen MR) is 99.8 cm³/mol. The van der Waals surface area contributed by atoms with E-state index in [0.717, 1.165) is 34.8 Å². The maximum absolute atomic E-state index is 12.9. The lowest BCUT2D eigenvalue weighted by Crippen LogP contribution is -2.36. The molecule has 3 heterocycles. The van der Waals surface area contributed by atoms with Crippen LogP contribution in [0.2, 0.25) is 0 Å². The van der Waals surface area contributed by atoms with Crippen LogP contribution in [0, 0.1) is 0 Å². The third-order valence-electron chi connectivity index (χ3n) is 4.70. The van der Waals surface area contributed by atoms with Crippen LogP contribution < -0.4 is 0 Å². The first-order valence-electron chi connectivity index (χ1n) is 8.69. The summed E-state index contributed by atoms with van der Waals surface area (Å²) in [6.45, 7) is 3.81. The molecule has 26 heavy (non-hydrogen) atoms. The highest BCUT2D eigenvalue weighted by atomic mass is 32.1. The van der Waals surface area contributed by atoms with Gasteiger partial charge in [0.25, 0.3) is 5.91 Å². The van der Waals surface area contributed by atoms with Crippen LogP contribution in [0.5, 0.6) is 0 Å². The summed E-state index contributed by atoms with van der Waals surface area (Å²) in [5.41, 5.74) is 4.27. The molecule has 0 fully saturated rings. The maximum atomic E-state index is 12.9. The zero-order valence-corrected chi connectivity index (χ0v) is 15.4. The van der Waals surface area contributed by atoms with E-state index in [9.17, 15) is 9.90 Å². The first-order valence-corrected chi connectivity index (χ1v) is 9.57. The van der Waals surface area contributed by atoms with Crippen molar-refractivity contribution in [2.24, 2.45) is 0 Å². The van der Waals surface area contributed by atoms with Crippen molar-refractivity contribution in [3.63, 3.8) is 0 Å². The quantitative estimate of drug-likeness (QED) is 0.769. The van der Waals surface area contributed by atoms with Crippen molar-refractivity contribution in [2.45, 2.75) is 33.0 Å². The number of aryl methyl sites for hydroxylation is 1. The van der Waals surface area contributed by atoms with Gasteiger partial charge in [0, 0.05) is 48.3 Å². The number of thiazole rings is 1. The molecule has 1 N–H and O–H groups in total. The fourth-order valence-corrected chi connectivity index (χ4v) is 4.17. The number of amides is 1. The van der Waals surface area contributed by atoms with Crippen molar-refractivity contribution in [1.82, 2.24) is 19.7 Å². The lowest BCUT2D eigenvalue weighted by Gasteiger charge is -2.27. The summed E-state index contributed by atoms with van der Waals surface area (Å²) in [6, 6.07) is 9.88. The molecule has 0 bridgehead atoms. The molecule has 1 aromatic carbocycles. The van der Waals surface area contributed by atoms with E-state index < -0.39 is 0 Å². The topological polar surface area (TPSA) is 71.2 Å². The number of fused-ring (bicyclic) bond motifs is 1. The van der Waals surface area contributed by atoms with Crippen LogP contribution in [0.3, 0.4) is 0 Å². The molecule has 0 saturated heterocycles. The Morgan fingerprint density at radius 1 is 1.31 bits per heavy atom. The summed E-state index contributed by atoms with van der Waals surface area (Å²) in [6.07, 6.45) is 0.748. The number of hydrogen-bond acceptors (Lipinski definition) is 5. The summed E-state index contributed by atoms with van der Waals surface area (Å²) in [5, 5.41) is 16.7. The molecular weight excluding hydrogens is 348 g/mol. The zero-order valence-electron chi connectivity index (χ0n) is 14.6. The fraction of sp³-hybridized carbons (Fsp3) is 0.316. The van der Waals surface area contributed by atoms with Crippen LogP contribution in [0.1, 0.15) is 34.4 Å². The molecule has 2 aromatic heterocycles. The molecule has 1 aliphatic rings. The molecule has 134 valence electrons. The average molecular weight is 368 g/mol. The van der Waals surface area contributed by atoms with Gasteiger partial charge in [-0.3, -0.25) is 9.48 Å². The van der Waals surface area contributed by atoms with Crippen LogP contribution in [0.4, 0.5) is 0 Å². The van der Waals surface area contributed by atoms with Crippen LogP contribution in [-0.4, -0.2) is 37.2 Å². The lowest BCUT2D eigenvalue weighted by molar-refractivity contribution is 0.0727. The Morgan fingerprint density at radius 3 is 2.85 bits per heavy atom. The van der Waals surface area contributed by atoms with Crippen LogP contribution in [-0.2, 0) is 26.1 Å². The number of carbonyl (C=O) groups excluding carboxylic acids is 1. The van der Waals surface area contributed by atoms with Gasteiger partial charge in [-0.05, 0) is 6.92 Å². The normalized spacial score (nSPS) is 13.7. The summed E-state index contributed by atoms with van der Waals surface area (Å²) in [4.78, 5) is 19.2. The number of nitrogens with zero attached hydrogens (tertiary/aromatic N) is 4. The van der Waals surface area contributed by atoms with E-state index in [4.69, 9.17) is 0 Å². The number of benzene rings is 1. The summed E-state index contributed by atoms with van der Waals surface area (Å²) in [5.74, 6) is -0.0674. The van der Waals surface area contributed by atoms with Gasteiger partial charge in [-0.1, -0.05) is 30.3 Å². The minimum atomic E-state index is -0.105. The van der Waals surface area contributed by atoms with Crippen LogP contribution in [0.15, 0.2) is 35.7 Å². The molecule has 0 atom stereocenters. The fourth-order valence-electron chi connectivity index (χ4n) is 3.37. The Labute approximate surface area is 155 Å².